The summed E-state index contributed by atoms with van der Waals surface area (Å²) in [5.74, 6) is 0.977. The van der Waals surface area contributed by atoms with Gasteiger partial charge in [-0.1, -0.05) is 6.42 Å². The average molecular weight is 303 g/mol. The number of fused-ring (bicyclic) bond motifs is 1. The van der Waals surface area contributed by atoms with Crippen molar-refractivity contribution in [3.63, 3.8) is 0 Å². The molecule has 1 N–H and O–H groups in total. The van der Waals surface area contributed by atoms with Crippen LogP contribution < -0.4 is 0 Å². The van der Waals surface area contributed by atoms with Crippen LogP contribution in [0, 0.1) is 5.92 Å². The maximum absolute atomic E-state index is 12.7. The molecule has 0 bridgehead atoms. The summed E-state index contributed by atoms with van der Waals surface area (Å²) >= 11 is 0. The first-order valence-corrected chi connectivity index (χ1v) is 8.47. The molecule has 1 aromatic heterocycles. The number of amides is 1. The molecule has 6 nitrogen and oxygen atoms in total. The molecule has 1 saturated carbocycles. The summed E-state index contributed by atoms with van der Waals surface area (Å²) in [6, 6.07) is 0. The topological polar surface area (TPSA) is 55.5 Å². The van der Waals surface area contributed by atoms with Crippen LogP contribution in [0.2, 0.25) is 0 Å². The Morgan fingerprint density at radius 3 is 2.68 bits per heavy atom. The van der Waals surface area contributed by atoms with E-state index in [1.54, 1.807) is 0 Å². The molecule has 0 atom stereocenters. The zero-order valence-electron chi connectivity index (χ0n) is 13.3. The van der Waals surface area contributed by atoms with E-state index < -0.39 is 0 Å². The number of nitrogens with zero attached hydrogens (tertiary/aromatic N) is 4. The minimum Gasteiger partial charge on any atom is -0.335 e. The lowest BCUT2D eigenvalue weighted by Crippen LogP contribution is -2.47. The van der Waals surface area contributed by atoms with Gasteiger partial charge in [0.15, 0.2) is 5.69 Å². The molecule has 0 spiro atoms. The van der Waals surface area contributed by atoms with E-state index in [9.17, 15) is 4.79 Å². The number of likely N-dealkylation sites (N-methyl/N-ethyl adjacent to an activating group) is 1. The molecule has 2 aliphatic heterocycles. The summed E-state index contributed by atoms with van der Waals surface area (Å²) in [7, 11) is 2.10. The molecule has 1 aromatic rings. The lowest BCUT2D eigenvalue weighted by atomic mass is 9.85. The van der Waals surface area contributed by atoms with Gasteiger partial charge in [-0.05, 0) is 25.8 Å². The second-order valence-electron chi connectivity index (χ2n) is 7.09. The van der Waals surface area contributed by atoms with Gasteiger partial charge in [-0.2, -0.15) is 5.10 Å². The number of carbonyl (C=O) groups excluding carboxylic acids is 1. The molecule has 6 heteroatoms. The van der Waals surface area contributed by atoms with Gasteiger partial charge < -0.3 is 9.80 Å². The van der Waals surface area contributed by atoms with Crippen molar-refractivity contribution in [2.75, 3.05) is 39.8 Å². The van der Waals surface area contributed by atoms with E-state index in [4.69, 9.17) is 0 Å². The van der Waals surface area contributed by atoms with Crippen molar-refractivity contribution in [1.29, 1.82) is 0 Å². The fourth-order valence-corrected chi connectivity index (χ4v) is 3.71. The van der Waals surface area contributed by atoms with Crippen molar-refractivity contribution in [3.05, 3.63) is 17.0 Å². The Kier molecular flexibility index (Phi) is 3.66. The van der Waals surface area contributed by atoms with E-state index in [1.807, 2.05) is 4.90 Å². The Hall–Kier alpha value is -1.40. The molecule has 3 heterocycles. The first kappa shape index (κ1) is 14.2. The van der Waals surface area contributed by atoms with E-state index in [0.29, 0.717) is 5.69 Å². The van der Waals surface area contributed by atoms with Crippen LogP contribution in [0.4, 0.5) is 0 Å². The third kappa shape index (κ3) is 2.54. The Bertz CT molecular complexity index is 557. The van der Waals surface area contributed by atoms with E-state index in [1.165, 1.54) is 25.8 Å². The van der Waals surface area contributed by atoms with Crippen LogP contribution in [0.15, 0.2) is 0 Å². The number of aromatic nitrogens is 2. The Balaban J connectivity index is 1.43. The fraction of sp³-hybridized carbons (Fsp3) is 0.750. The van der Waals surface area contributed by atoms with E-state index in [0.717, 1.165) is 56.4 Å². The van der Waals surface area contributed by atoms with Crippen molar-refractivity contribution >= 4 is 5.91 Å². The molecular formula is C16H25N5O. The lowest BCUT2D eigenvalue weighted by molar-refractivity contribution is 0.0656. The molecule has 0 radical (unpaired) electrons. The summed E-state index contributed by atoms with van der Waals surface area (Å²) in [5, 5.41) is 7.43. The maximum atomic E-state index is 12.7. The largest absolute Gasteiger partial charge is 0.335 e. The number of nitrogens with one attached hydrogen (secondary N) is 1. The lowest BCUT2D eigenvalue weighted by Gasteiger charge is -2.32. The maximum Gasteiger partial charge on any atom is 0.274 e. The number of aromatic amines is 1. The molecule has 3 aliphatic rings. The minimum atomic E-state index is 0.107. The van der Waals surface area contributed by atoms with Crippen LogP contribution >= 0.6 is 0 Å². The summed E-state index contributed by atoms with van der Waals surface area (Å²) in [5.41, 5.74) is 2.95. The van der Waals surface area contributed by atoms with Crippen molar-refractivity contribution < 1.29 is 4.79 Å². The predicted octanol–water partition coefficient (Wildman–Crippen LogP) is 0.913. The molecule has 1 amide bonds. The highest BCUT2D eigenvalue weighted by atomic mass is 16.2. The minimum absolute atomic E-state index is 0.107. The fourth-order valence-electron chi connectivity index (χ4n) is 3.71. The van der Waals surface area contributed by atoms with E-state index in [-0.39, 0.29) is 5.91 Å². The molecular weight excluding hydrogens is 278 g/mol. The number of rotatable bonds is 3. The Morgan fingerprint density at radius 2 is 2.00 bits per heavy atom. The van der Waals surface area contributed by atoms with Gasteiger partial charge in [0.1, 0.15) is 0 Å². The van der Waals surface area contributed by atoms with E-state index in [2.05, 4.69) is 27.0 Å². The van der Waals surface area contributed by atoms with Crippen LogP contribution in [0.3, 0.4) is 0 Å². The van der Waals surface area contributed by atoms with Crippen LogP contribution in [-0.4, -0.2) is 70.6 Å². The molecule has 0 unspecified atom stereocenters. The molecule has 22 heavy (non-hydrogen) atoms. The van der Waals surface area contributed by atoms with Crippen LogP contribution in [-0.2, 0) is 13.1 Å². The van der Waals surface area contributed by atoms with Gasteiger partial charge in [-0.25, -0.2) is 0 Å². The van der Waals surface area contributed by atoms with Crippen molar-refractivity contribution in [2.24, 2.45) is 5.92 Å². The third-order valence-corrected chi connectivity index (χ3v) is 5.45. The molecule has 1 saturated heterocycles. The van der Waals surface area contributed by atoms with Crippen LogP contribution in [0.1, 0.15) is 41.0 Å². The monoisotopic (exact) mass is 303 g/mol. The van der Waals surface area contributed by atoms with Crippen molar-refractivity contribution in [1.82, 2.24) is 24.9 Å². The molecule has 2 fully saturated rings. The quantitative estimate of drug-likeness (QED) is 0.902. The predicted molar refractivity (Wildman–Crippen MR) is 83.4 cm³/mol. The normalized spacial score (nSPS) is 23.6. The standard InChI is InChI=1S/C16H25N5O/c1-19-5-7-21(8-6-19)16(22)15-13-10-20(9-12-3-2-4-12)11-14(13)17-18-15/h12H,2-11H2,1H3,(H,17,18). The number of hydrogen-bond donors (Lipinski definition) is 1. The number of H-pyrrole nitrogens is 1. The highest BCUT2D eigenvalue weighted by Crippen LogP contribution is 2.31. The van der Waals surface area contributed by atoms with Crippen molar-refractivity contribution in [2.45, 2.75) is 32.4 Å². The molecule has 4 rings (SSSR count). The first-order chi connectivity index (χ1) is 10.7. The first-order valence-electron chi connectivity index (χ1n) is 8.47. The average Bonchev–Trinajstić information content (AvgIpc) is 3.02. The second-order valence-corrected chi connectivity index (χ2v) is 7.09. The zero-order valence-corrected chi connectivity index (χ0v) is 13.3. The highest BCUT2D eigenvalue weighted by molar-refractivity contribution is 5.94. The molecule has 120 valence electrons. The number of carbonyl (C=O) groups is 1. The van der Waals surface area contributed by atoms with E-state index >= 15 is 0 Å². The smallest absolute Gasteiger partial charge is 0.274 e. The summed E-state index contributed by atoms with van der Waals surface area (Å²) in [6.07, 6.45) is 4.13. The van der Waals surface area contributed by atoms with Gasteiger partial charge in [0, 0.05) is 51.4 Å². The van der Waals surface area contributed by atoms with Gasteiger partial charge in [0.25, 0.3) is 5.91 Å². The highest BCUT2D eigenvalue weighted by Gasteiger charge is 2.32. The SMILES string of the molecule is CN1CCN(C(=O)c2n[nH]c3c2CN(CC2CCC2)C3)CC1. The summed E-state index contributed by atoms with van der Waals surface area (Å²) in [6.45, 7) is 6.50. The van der Waals surface area contributed by atoms with Gasteiger partial charge in [-0.3, -0.25) is 14.8 Å². The molecule has 1 aliphatic carbocycles. The number of piperazine rings is 1. The Labute approximate surface area is 131 Å². The van der Waals surface area contributed by atoms with Crippen LogP contribution in [0.5, 0.6) is 0 Å². The van der Waals surface area contributed by atoms with Crippen LogP contribution in [0.25, 0.3) is 0 Å². The zero-order chi connectivity index (χ0) is 15.1. The van der Waals surface area contributed by atoms with Gasteiger partial charge in [0.05, 0.1) is 5.69 Å². The third-order valence-electron chi connectivity index (χ3n) is 5.45. The summed E-state index contributed by atoms with van der Waals surface area (Å²) < 4.78 is 0. The summed E-state index contributed by atoms with van der Waals surface area (Å²) in [4.78, 5) is 19.4. The van der Waals surface area contributed by atoms with Gasteiger partial charge >= 0.3 is 0 Å². The molecule has 0 aromatic carbocycles. The number of hydrogen-bond acceptors (Lipinski definition) is 4. The second kappa shape index (κ2) is 5.66. The van der Waals surface area contributed by atoms with Crippen molar-refractivity contribution in [3.8, 4) is 0 Å². The van der Waals surface area contributed by atoms with Gasteiger partial charge in [0.2, 0.25) is 0 Å². The van der Waals surface area contributed by atoms with Gasteiger partial charge in [-0.15, -0.1) is 0 Å². The Morgan fingerprint density at radius 1 is 1.23 bits per heavy atom.